The molecular formula is C18H38O. The average molecular weight is 271 g/mol. The molecule has 2 fully saturated rings. The van der Waals surface area contributed by atoms with E-state index in [0.717, 1.165) is 5.92 Å². The zero-order chi connectivity index (χ0) is 14.9. The maximum absolute atomic E-state index is 9.44. The third-order valence-corrected chi connectivity index (χ3v) is 3.39. The predicted octanol–water partition coefficient (Wildman–Crippen LogP) is 6.55. The Bertz CT molecular complexity index is 149. The molecule has 1 heteroatoms. The van der Waals surface area contributed by atoms with Crippen LogP contribution in [0.15, 0.2) is 0 Å². The Labute approximate surface area is 122 Å². The quantitative estimate of drug-likeness (QED) is 0.488. The van der Waals surface area contributed by atoms with Gasteiger partial charge in [-0.3, -0.25) is 0 Å². The molecule has 0 amide bonds. The van der Waals surface area contributed by atoms with E-state index in [4.69, 9.17) is 0 Å². The summed E-state index contributed by atoms with van der Waals surface area (Å²) in [7, 11) is 0. The van der Waals surface area contributed by atoms with Crippen LogP contribution in [0.3, 0.4) is 0 Å². The molecule has 0 atom stereocenters. The number of hydrogen-bond acceptors (Lipinski definition) is 1. The number of Topliss-reactive ketones (excluding diaryl/α,β-unsaturated/α-hetero) is 1. The summed E-state index contributed by atoms with van der Waals surface area (Å²) in [6.45, 7) is 9.42. The average Bonchev–Trinajstić information content (AvgIpc) is 2.44. The summed E-state index contributed by atoms with van der Waals surface area (Å²) in [5, 5.41) is 0. The van der Waals surface area contributed by atoms with Crippen LogP contribution in [0.25, 0.3) is 0 Å². The third kappa shape index (κ3) is 23.2. The Balaban J connectivity index is 0. The molecular weight excluding hydrogens is 232 g/mol. The van der Waals surface area contributed by atoms with Crippen LogP contribution in [0.1, 0.15) is 105 Å². The molecule has 2 aliphatic carbocycles. The lowest BCUT2D eigenvalue weighted by molar-refractivity contribution is -0.114. The van der Waals surface area contributed by atoms with Crippen LogP contribution in [0.5, 0.6) is 0 Å². The van der Waals surface area contributed by atoms with Crippen LogP contribution in [-0.2, 0) is 4.79 Å². The molecule has 0 heterocycles. The van der Waals surface area contributed by atoms with Crippen LogP contribution >= 0.6 is 0 Å². The largest absolute Gasteiger partial charge is 0.300 e. The molecule has 0 saturated heterocycles. The summed E-state index contributed by atoms with van der Waals surface area (Å²) in [4.78, 5) is 9.44. The number of carbonyl (C=O) groups is 1. The van der Waals surface area contributed by atoms with E-state index < -0.39 is 0 Å². The second kappa shape index (κ2) is 17.7. The van der Waals surface area contributed by atoms with E-state index in [1.54, 1.807) is 0 Å². The first-order valence-corrected chi connectivity index (χ1v) is 8.60. The Morgan fingerprint density at radius 3 is 1.05 bits per heavy atom. The molecule has 19 heavy (non-hydrogen) atoms. The van der Waals surface area contributed by atoms with Gasteiger partial charge in [0.05, 0.1) is 0 Å². The van der Waals surface area contributed by atoms with E-state index in [1.807, 2.05) is 13.8 Å². The van der Waals surface area contributed by atoms with Crippen molar-refractivity contribution < 1.29 is 4.79 Å². The fraction of sp³-hybridized carbons (Fsp3) is 0.944. The van der Waals surface area contributed by atoms with Gasteiger partial charge >= 0.3 is 0 Å². The number of ketones is 1. The monoisotopic (exact) mass is 270 g/mol. The fourth-order valence-electron chi connectivity index (χ4n) is 2.37. The van der Waals surface area contributed by atoms with E-state index in [-0.39, 0.29) is 5.78 Å². The SMILES string of the molecule is C1CCCCC1.CC.CC(C)=O.CC1CCCCC1. The Morgan fingerprint density at radius 1 is 0.684 bits per heavy atom. The van der Waals surface area contributed by atoms with Crippen molar-refractivity contribution in [2.45, 2.75) is 105 Å². The molecule has 0 aromatic rings. The van der Waals surface area contributed by atoms with Crippen LogP contribution in [0, 0.1) is 5.92 Å². The number of rotatable bonds is 0. The van der Waals surface area contributed by atoms with Crippen LogP contribution in [0.4, 0.5) is 0 Å². The van der Waals surface area contributed by atoms with Crippen LogP contribution in [0.2, 0.25) is 0 Å². The standard InChI is InChI=1S/C7H14.C6H12.C3H6O.C2H6/c1-7-5-3-2-4-6-7;1-2-4-6-5-3-1;1-3(2)4;1-2/h7H,2-6H2,1H3;1-6H2;1-2H3;1-2H3. The minimum atomic E-state index is 0.167. The van der Waals surface area contributed by atoms with Crippen molar-refractivity contribution >= 4 is 5.78 Å². The van der Waals surface area contributed by atoms with Gasteiger partial charge in [0.15, 0.2) is 0 Å². The Morgan fingerprint density at radius 2 is 0.895 bits per heavy atom. The number of carbonyl (C=O) groups excluding carboxylic acids is 1. The molecule has 0 bridgehead atoms. The molecule has 0 aliphatic heterocycles. The van der Waals surface area contributed by atoms with Crippen molar-refractivity contribution in [1.29, 1.82) is 0 Å². The topological polar surface area (TPSA) is 17.1 Å². The lowest BCUT2D eigenvalue weighted by Crippen LogP contribution is -1.99. The minimum absolute atomic E-state index is 0.167. The van der Waals surface area contributed by atoms with Gasteiger partial charge in [-0.2, -0.15) is 0 Å². The first kappa shape index (κ1) is 21.0. The van der Waals surface area contributed by atoms with Crippen molar-refractivity contribution in [3.8, 4) is 0 Å². The van der Waals surface area contributed by atoms with Gasteiger partial charge in [0.25, 0.3) is 0 Å². The van der Waals surface area contributed by atoms with E-state index >= 15 is 0 Å². The first-order valence-electron chi connectivity index (χ1n) is 8.60. The molecule has 0 aromatic carbocycles. The summed E-state index contributed by atoms with van der Waals surface area (Å²) in [6.07, 6.45) is 16.4. The van der Waals surface area contributed by atoms with Gasteiger partial charge in [-0.1, -0.05) is 91.4 Å². The maximum atomic E-state index is 9.44. The minimum Gasteiger partial charge on any atom is -0.300 e. The van der Waals surface area contributed by atoms with Crippen molar-refractivity contribution in [2.24, 2.45) is 5.92 Å². The van der Waals surface area contributed by atoms with E-state index in [2.05, 4.69) is 6.92 Å². The third-order valence-electron chi connectivity index (χ3n) is 3.39. The highest BCUT2D eigenvalue weighted by Gasteiger charge is 2.05. The zero-order valence-electron chi connectivity index (χ0n) is 14.3. The molecule has 0 N–H and O–H groups in total. The summed E-state index contributed by atoms with van der Waals surface area (Å²) < 4.78 is 0. The summed E-state index contributed by atoms with van der Waals surface area (Å²) in [5.41, 5.74) is 0. The maximum Gasteiger partial charge on any atom is 0.126 e. The van der Waals surface area contributed by atoms with Crippen LogP contribution < -0.4 is 0 Å². The Kier molecular flexibility index (Phi) is 19.5. The van der Waals surface area contributed by atoms with E-state index in [0.29, 0.717) is 0 Å². The van der Waals surface area contributed by atoms with Crippen molar-refractivity contribution in [2.75, 3.05) is 0 Å². The summed E-state index contributed by atoms with van der Waals surface area (Å²) in [5.74, 6) is 1.20. The highest BCUT2D eigenvalue weighted by atomic mass is 16.1. The van der Waals surface area contributed by atoms with Gasteiger partial charge in [-0.05, 0) is 19.8 Å². The lowest BCUT2D eigenvalue weighted by Gasteiger charge is -2.15. The smallest absolute Gasteiger partial charge is 0.126 e. The zero-order valence-corrected chi connectivity index (χ0v) is 14.3. The second-order valence-corrected chi connectivity index (χ2v) is 5.77. The van der Waals surface area contributed by atoms with Gasteiger partial charge in [0, 0.05) is 0 Å². The highest BCUT2D eigenvalue weighted by molar-refractivity contribution is 5.72. The van der Waals surface area contributed by atoms with Crippen molar-refractivity contribution in [1.82, 2.24) is 0 Å². The molecule has 116 valence electrons. The molecule has 0 radical (unpaired) electrons. The lowest BCUT2D eigenvalue weighted by atomic mass is 9.91. The summed E-state index contributed by atoms with van der Waals surface area (Å²) in [6, 6.07) is 0. The van der Waals surface area contributed by atoms with Gasteiger partial charge in [-0.25, -0.2) is 0 Å². The first-order chi connectivity index (χ1) is 9.13. The Hall–Kier alpha value is -0.330. The van der Waals surface area contributed by atoms with Gasteiger partial charge in [0.1, 0.15) is 5.78 Å². The van der Waals surface area contributed by atoms with Gasteiger partial charge < -0.3 is 4.79 Å². The highest BCUT2D eigenvalue weighted by Crippen LogP contribution is 2.22. The second-order valence-electron chi connectivity index (χ2n) is 5.77. The predicted molar refractivity (Wildman–Crippen MR) is 87.7 cm³/mol. The van der Waals surface area contributed by atoms with Gasteiger partial charge in [0.2, 0.25) is 0 Å². The molecule has 0 spiro atoms. The van der Waals surface area contributed by atoms with E-state index in [1.165, 1.54) is 84.5 Å². The summed E-state index contributed by atoms with van der Waals surface area (Å²) >= 11 is 0. The fourth-order valence-corrected chi connectivity index (χ4v) is 2.37. The molecule has 0 unspecified atom stereocenters. The van der Waals surface area contributed by atoms with E-state index in [9.17, 15) is 4.79 Å². The van der Waals surface area contributed by atoms with Crippen molar-refractivity contribution in [3.05, 3.63) is 0 Å². The molecule has 1 nitrogen and oxygen atoms in total. The van der Waals surface area contributed by atoms with Crippen molar-refractivity contribution in [3.63, 3.8) is 0 Å². The van der Waals surface area contributed by atoms with Gasteiger partial charge in [-0.15, -0.1) is 0 Å². The number of hydrogen-bond donors (Lipinski definition) is 0. The van der Waals surface area contributed by atoms with Crippen LogP contribution in [-0.4, -0.2) is 5.78 Å². The normalized spacial score (nSPS) is 18.6. The molecule has 2 rings (SSSR count). The molecule has 0 aromatic heterocycles. The molecule has 2 saturated carbocycles. The molecule has 2 aliphatic rings.